The highest BCUT2D eigenvalue weighted by atomic mass is 16.5. The molecule has 0 spiro atoms. The molecule has 0 aliphatic heterocycles. The fraction of sp³-hybridized carbons (Fsp3) is 0.542. The van der Waals surface area contributed by atoms with E-state index in [9.17, 15) is 24.0 Å². The van der Waals surface area contributed by atoms with E-state index in [0.717, 1.165) is 25.7 Å². The highest BCUT2D eigenvalue weighted by Gasteiger charge is 2.61. The average Bonchev–Trinajstić information content (AvgIpc) is 3.55. The van der Waals surface area contributed by atoms with E-state index >= 15 is 0 Å². The Labute approximate surface area is 201 Å². The molecule has 35 heavy (non-hydrogen) atoms. The van der Waals surface area contributed by atoms with E-state index in [4.69, 9.17) is 20.1 Å². The summed E-state index contributed by atoms with van der Waals surface area (Å²) < 4.78 is 5.01. The van der Waals surface area contributed by atoms with Crippen LogP contribution < -0.4 is 15.4 Å². The van der Waals surface area contributed by atoms with Crippen LogP contribution in [-0.4, -0.2) is 63.2 Å². The second kappa shape index (κ2) is 11.2. The third-order valence-corrected chi connectivity index (χ3v) is 6.56. The molecule has 0 heterocycles. The van der Waals surface area contributed by atoms with Crippen molar-refractivity contribution < 1.29 is 44.0 Å². The summed E-state index contributed by atoms with van der Waals surface area (Å²) in [5.41, 5.74) is -0.539. The molecule has 0 saturated heterocycles. The van der Waals surface area contributed by atoms with Gasteiger partial charge in [0, 0.05) is 18.9 Å². The number of aliphatic carboxylic acids is 3. The van der Waals surface area contributed by atoms with Gasteiger partial charge in [-0.3, -0.25) is 14.4 Å². The molecule has 190 valence electrons. The Morgan fingerprint density at radius 3 is 2.14 bits per heavy atom. The Kier molecular flexibility index (Phi) is 8.31. The van der Waals surface area contributed by atoms with Gasteiger partial charge in [0.1, 0.15) is 11.3 Å². The fourth-order valence-corrected chi connectivity index (χ4v) is 4.55. The van der Waals surface area contributed by atoms with Crippen molar-refractivity contribution in [3.8, 4) is 5.75 Å². The molecule has 1 aromatic carbocycles. The average molecular weight is 491 g/mol. The van der Waals surface area contributed by atoms with Crippen molar-refractivity contribution in [1.82, 2.24) is 10.6 Å². The zero-order valence-corrected chi connectivity index (χ0v) is 19.2. The van der Waals surface area contributed by atoms with Gasteiger partial charge in [-0.2, -0.15) is 0 Å². The number of carbonyl (C=O) groups excluding carboxylic acids is 2. The lowest BCUT2D eigenvalue weighted by molar-refractivity contribution is -0.159. The molecular weight excluding hydrogens is 460 g/mol. The molecule has 1 aromatic rings. The number of carboxylic acid groups (broad SMARTS) is 3. The predicted molar refractivity (Wildman–Crippen MR) is 121 cm³/mol. The number of amides is 2. The van der Waals surface area contributed by atoms with Crippen LogP contribution in [0.3, 0.4) is 0 Å². The number of hydrogen-bond donors (Lipinski definition) is 5. The van der Waals surface area contributed by atoms with Gasteiger partial charge in [-0.25, -0.2) is 9.59 Å². The van der Waals surface area contributed by atoms with Gasteiger partial charge >= 0.3 is 17.9 Å². The molecule has 0 bridgehead atoms. The van der Waals surface area contributed by atoms with E-state index in [1.165, 1.54) is 18.6 Å². The van der Waals surface area contributed by atoms with Crippen molar-refractivity contribution >= 4 is 29.7 Å². The van der Waals surface area contributed by atoms with Crippen molar-refractivity contribution in [2.24, 2.45) is 5.92 Å². The summed E-state index contributed by atoms with van der Waals surface area (Å²) in [6, 6.07) is 5.98. The monoisotopic (exact) mass is 490 g/mol. The van der Waals surface area contributed by atoms with Crippen molar-refractivity contribution in [2.45, 2.75) is 68.9 Å². The number of nitrogens with one attached hydrogen (secondary N) is 2. The predicted octanol–water partition coefficient (Wildman–Crippen LogP) is 1.51. The van der Waals surface area contributed by atoms with Gasteiger partial charge in [0.05, 0.1) is 6.42 Å². The van der Waals surface area contributed by atoms with Crippen LogP contribution in [-0.2, 0) is 24.0 Å². The Balaban J connectivity index is 1.71. The van der Waals surface area contributed by atoms with Crippen LogP contribution in [0.5, 0.6) is 5.75 Å². The number of carbonyl (C=O) groups is 5. The topological polar surface area (TPSA) is 179 Å². The number of rotatable bonds is 12. The molecule has 2 atom stereocenters. The molecule has 0 aromatic heterocycles. The lowest BCUT2D eigenvalue weighted by Crippen LogP contribution is -2.51. The van der Waals surface area contributed by atoms with E-state index in [0.29, 0.717) is 24.4 Å². The first-order valence-electron chi connectivity index (χ1n) is 11.7. The lowest BCUT2D eigenvalue weighted by atomic mass is 9.89. The summed E-state index contributed by atoms with van der Waals surface area (Å²) in [7, 11) is 0. The summed E-state index contributed by atoms with van der Waals surface area (Å²) >= 11 is 0. The quantitative estimate of drug-likeness (QED) is 0.271. The molecule has 0 radical (unpaired) electrons. The first-order valence-corrected chi connectivity index (χ1v) is 11.7. The van der Waals surface area contributed by atoms with E-state index in [2.05, 4.69) is 10.6 Å². The number of carboxylic acids is 3. The highest BCUT2D eigenvalue weighted by Crippen LogP contribution is 2.52. The number of ether oxygens (including phenoxy) is 1. The maximum Gasteiger partial charge on any atom is 0.356 e. The molecule has 11 nitrogen and oxygen atoms in total. The molecule has 3 rings (SSSR count). The Bertz CT molecular complexity index is 958. The van der Waals surface area contributed by atoms with Crippen molar-refractivity contribution in [2.75, 3.05) is 6.54 Å². The smallest absolute Gasteiger partial charge is 0.356 e. The van der Waals surface area contributed by atoms with E-state index in [1.807, 2.05) is 0 Å². The molecule has 2 aliphatic carbocycles. The minimum atomic E-state index is -2.06. The van der Waals surface area contributed by atoms with Crippen molar-refractivity contribution in [3.63, 3.8) is 0 Å². The summed E-state index contributed by atoms with van der Waals surface area (Å²) in [4.78, 5) is 58.5. The minimum absolute atomic E-state index is 0.0297. The van der Waals surface area contributed by atoms with Crippen LogP contribution in [0.1, 0.15) is 62.8 Å². The van der Waals surface area contributed by atoms with E-state index < -0.39 is 35.5 Å². The Morgan fingerprint density at radius 1 is 0.943 bits per heavy atom. The molecule has 2 unspecified atom stereocenters. The fourth-order valence-electron chi connectivity index (χ4n) is 4.55. The molecule has 2 aliphatic rings. The maximum absolute atomic E-state index is 13.2. The molecule has 11 heteroatoms. The van der Waals surface area contributed by atoms with Gasteiger partial charge in [-0.1, -0.05) is 31.4 Å². The summed E-state index contributed by atoms with van der Waals surface area (Å²) in [5, 5.41) is 32.5. The van der Waals surface area contributed by atoms with Gasteiger partial charge in [-0.15, -0.1) is 0 Å². The number of hydrogen-bond acceptors (Lipinski definition) is 6. The molecular formula is C24H30N2O9. The second-order valence-electron chi connectivity index (χ2n) is 9.13. The zero-order valence-electron chi connectivity index (χ0n) is 19.2. The summed E-state index contributed by atoms with van der Waals surface area (Å²) in [5.74, 6) is -5.21. The van der Waals surface area contributed by atoms with Crippen LogP contribution in [0.2, 0.25) is 0 Å². The first-order chi connectivity index (χ1) is 16.6. The van der Waals surface area contributed by atoms with Crippen LogP contribution in [0.4, 0.5) is 0 Å². The minimum Gasteiger partial charge on any atom is -0.481 e. The molecule has 2 amide bonds. The van der Waals surface area contributed by atoms with Gasteiger partial charge in [0.25, 0.3) is 6.10 Å². The standard InChI is InChI=1S/C24H30N2O9/c27-18(10-11-19(28)29)26-24(23(34)25-13-14-4-2-1-3-5-14)12-17(24)15-6-8-16(9-7-15)35-20(21(30)31)22(32)33/h6-9,14,17,20H,1-5,10-13H2,(H,25,34)(H,26,27)(H,28,29)(H,30,31)(H,32,33). The van der Waals surface area contributed by atoms with E-state index in [1.54, 1.807) is 12.1 Å². The maximum atomic E-state index is 13.2. The molecule has 2 saturated carbocycles. The van der Waals surface area contributed by atoms with Crippen LogP contribution in [0.15, 0.2) is 24.3 Å². The lowest BCUT2D eigenvalue weighted by Gasteiger charge is -2.24. The second-order valence-corrected chi connectivity index (χ2v) is 9.13. The third kappa shape index (κ3) is 6.71. The first kappa shape index (κ1) is 26.0. The van der Waals surface area contributed by atoms with Gasteiger partial charge in [-0.05, 0) is 42.9 Å². The van der Waals surface area contributed by atoms with Crippen LogP contribution >= 0.6 is 0 Å². The van der Waals surface area contributed by atoms with Crippen LogP contribution in [0.25, 0.3) is 0 Å². The van der Waals surface area contributed by atoms with Gasteiger partial charge in [0.2, 0.25) is 11.8 Å². The Hall–Kier alpha value is -3.63. The van der Waals surface area contributed by atoms with E-state index in [-0.39, 0.29) is 30.4 Å². The summed E-state index contributed by atoms with van der Waals surface area (Å²) in [6.45, 7) is 0.511. The highest BCUT2D eigenvalue weighted by molar-refractivity contribution is 5.97. The SMILES string of the molecule is O=C(O)CCC(=O)NC1(C(=O)NCC2CCCCC2)CC1c1ccc(OC(C(=O)O)C(=O)O)cc1. The van der Waals surface area contributed by atoms with Crippen LogP contribution in [0, 0.1) is 5.92 Å². The van der Waals surface area contributed by atoms with Crippen molar-refractivity contribution in [1.29, 1.82) is 0 Å². The normalized spacial score (nSPS) is 21.7. The Morgan fingerprint density at radius 2 is 1.57 bits per heavy atom. The van der Waals surface area contributed by atoms with Gasteiger partial charge < -0.3 is 30.7 Å². The van der Waals surface area contributed by atoms with Gasteiger partial charge in [0.15, 0.2) is 0 Å². The largest absolute Gasteiger partial charge is 0.481 e. The molecule has 2 fully saturated rings. The van der Waals surface area contributed by atoms with Crippen molar-refractivity contribution in [3.05, 3.63) is 29.8 Å². The zero-order chi connectivity index (χ0) is 25.6. The third-order valence-electron chi connectivity index (χ3n) is 6.56. The summed E-state index contributed by atoms with van der Waals surface area (Å²) in [6.07, 6.45) is 3.17. The number of benzene rings is 1. The molecule has 5 N–H and O–H groups in total.